The van der Waals surface area contributed by atoms with Crippen molar-refractivity contribution in [2.75, 3.05) is 5.32 Å². The predicted molar refractivity (Wildman–Crippen MR) is 115 cm³/mol. The summed E-state index contributed by atoms with van der Waals surface area (Å²) in [5, 5.41) is 3.54. The van der Waals surface area contributed by atoms with Crippen LogP contribution in [0.25, 0.3) is 5.57 Å². The zero-order chi connectivity index (χ0) is 22.2. The van der Waals surface area contributed by atoms with Crippen LogP contribution in [0.15, 0.2) is 48.5 Å². The lowest BCUT2D eigenvalue weighted by molar-refractivity contribution is -0.137. The van der Waals surface area contributed by atoms with E-state index in [0.29, 0.717) is 23.6 Å². The summed E-state index contributed by atoms with van der Waals surface area (Å²) >= 11 is 5.89. The lowest BCUT2D eigenvalue weighted by Gasteiger charge is -2.25. The second kappa shape index (κ2) is 8.58. The van der Waals surface area contributed by atoms with Gasteiger partial charge in [-0.15, -0.1) is 0 Å². The molecule has 0 aromatic heterocycles. The molecule has 3 nitrogen and oxygen atoms in total. The van der Waals surface area contributed by atoms with Crippen LogP contribution < -0.4 is 10.1 Å². The molecule has 164 valence electrons. The number of nitrogens with one attached hydrogen (secondary N) is 1. The fourth-order valence-corrected chi connectivity index (χ4v) is 4.43. The fourth-order valence-electron chi connectivity index (χ4n) is 4.30. The van der Waals surface area contributed by atoms with Crippen molar-refractivity contribution in [3.8, 4) is 5.75 Å². The third-order valence-corrected chi connectivity index (χ3v) is 6.40. The third kappa shape index (κ3) is 4.74. The zero-order valence-corrected chi connectivity index (χ0v) is 17.8. The van der Waals surface area contributed by atoms with E-state index in [9.17, 15) is 18.0 Å². The molecule has 0 radical (unpaired) electrons. The molecular formula is C24H23ClF3NO2. The van der Waals surface area contributed by atoms with E-state index in [-0.39, 0.29) is 29.6 Å². The Balaban J connectivity index is 1.49. The van der Waals surface area contributed by atoms with Gasteiger partial charge < -0.3 is 10.1 Å². The minimum absolute atomic E-state index is 0.0549. The Labute approximate surface area is 184 Å². The number of allylic oxidation sites excluding steroid dienone is 1. The number of rotatable bonds is 3. The Bertz CT molecular complexity index is 1000. The smallest absolute Gasteiger partial charge is 0.416 e. The molecule has 7 heteroatoms. The lowest BCUT2D eigenvalue weighted by Crippen LogP contribution is -2.28. The van der Waals surface area contributed by atoms with Crippen molar-refractivity contribution in [1.82, 2.24) is 0 Å². The first-order chi connectivity index (χ1) is 14.7. The van der Waals surface area contributed by atoms with Crippen LogP contribution in [0, 0.1) is 11.8 Å². The molecule has 1 aliphatic heterocycles. The van der Waals surface area contributed by atoms with Crippen molar-refractivity contribution in [3.63, 3.8) is 0 Å². The summed E-state index contributed by atoms with van der Waals surface area (Å²) in [5.74, 6) is 0.163. The van der Waals surface area contributed by atoms with Crippen LogP contribution in [0.2, 0.25) is 5.02 Å². The molecule has 0 fully saturated rings. The Kier molecular flexibility index (Phi) is 6.02. The van der Waals surface area contributed by atoms with Crippen molar-refractivity contribution >= 4 is 28.8 Å². The van der Waals surface area contributed by atoms with Gasteiger partial charge in [-0.1, -0.05) is 30.7 Å². The summed E-state index contributed by atoms with van der Waals surface area (Å²) in [4.78, 5) is 12.8. The second-order valence-electron chi connectivity index (χ2n) is 8.19. The summed E-state index contributed by atoms with van der Waals surface area (Å²) in [6.07, 6.45) is 0.493. The average molecular weight is 450 g/mol. The minimum atomic E-state index is -4.40. The third-order valence-electron chi connectivity index (χ3n) is 6.15. The molecule has 1 aliphatic carbocycles. The molecule has 1 N–H and O–H groups in total. The number of amides is 1. The molecule has 0 bridgehead atoms. The number of ether oxygens (including phenoxy) is 1. The van der Waals surface area contributed by atoms with Gasteiger partial charge in [0.2, 0.25) is 5.91 Å². The summed E-state index contributed by atoms with van der Waals surface area (Å²) in [5.41, 5.74) is 1.64. The number of alkyl halides is 3. The Morgan fingerprint density at radius 1 is 1.16 bits per heavy atom. The summed E-state index contributed by atoms with van der Waals surface area (Å²) in [6.45, 7) is 1.92. The van der Waals surface area contributed by atoms with Gasteiger partial charge in [0.05, 0.1) is 5.56 Å². The highest BCUT2D eigenvalue weighted by Crippen LogP contribution is 2.44. The Hall–Kier alpha value is -2.47. The maximum atomic E-state index is 13.0. The van der Waals surface area contributed by atoms with Gasteiger partial charge in [-0.3, -0.25) is 4.79 Å². The highest BCUT2D eigenvalue weighted by atomic mass is 35.5. The molecule has 2 aliphatic rings. The number of fused-ring (bicyclic) bond motifs is 3. The normalized spacial score (nSPS) is 23.3. The maximum absolute atomic E-state index is 13.0. The van der Waals surface area contributed by atoms with Gasteiger partial charge in [0.15, 0.2) is 0 Å². The molecular weight excluding hydrogens is 427 g/mol. The highest BCUT2D eigenvalue weighted by molar-refractivity contribution is 6.30. The SMILES string of the molecule is C[C@@H](C(=O)Nc1ccc(Cl)cc1)[C@H]1C/C=C2/c3ccc(C(F)(F)F)cc3OC2CCC1. The van der Waals surface area contributed by atoms with Gasteiger partial charge in [-0.05, 0) is 73.6 Å². The molecule has 0 saturated heterocycles. The summed E-state index contributed by atoms with van der Waals surface area (Å²) in [7, 11) is 0. The molecule has 3 atom stereocenters. The van der Waals surface area contributed by atoms with Gasteiger partial charge in [-0.2, -0.15) is 13.2 Å². The van der Waals surface area contributed by atoms with Crippen molar-refractivity contribution in [1.29, 1.82) is 0 Å². The van der Waals surface area contributed by atoms with E-state index >= 15 is 0 Å². The standard InChI is InChI=1S/C24H23ClF3NO2/c1-14(23(30)29-18-9-7-17(25)8-10-18)15-3-2-4-21-19(11-5-15)20-12-6-16(24(26,27)28)13-22(20)31-21/h6-15,21H,2-5H2,1H3,(H,29,30)/b19-11-/t14-,15-,21?/m1/s1. The first kappa shape index (κ1) is 21.8. The summed E-state index contributed by atoms with van der Waals surface area (Å²) < 4.78 is 45.0. The topological polar surface area (TPSA) is 38.3 Å². The lowest BCUT2D eigenvalue weighted by atomic mass is 9.81. The number of carbonyl (C=O) groups is 1. The maximum Gasteiger partial charge on any atom is 0.416 e. The van der Waals surface area contributed by atoms with E-state index < -0.39 is 11.7 Å². The zero-order valence-electron chi connectivity index (χ0n) is 17.0. The van der Waals surface area contributed by atoms with Crippen molar-refractivity contribution in [2.45, 2.75) is 44.9 Å². The van der Waals surface area contributed by atoms with E-state index in [1.165, 1.54) is 6.07 Å². The average Bonchev–Trinajstić information content (AvgIpc) is 3.04. The van der Waals surface area contributed by atoms with E-state index in [4.69, 9.17) is 16.3 Å². The van der Waals surface area contributed by atoms with Gasteiger partial charge >= 0.3 is 6.18 Å². The molecule has 0 saturated carbocycles. The first-order valence-electron chi connectivity index (χ1n) is 10.4. The molecule has 31 heavy (non-hydrogen) atoms. The van der Waals surface area contributed by atoms with Crippen LogP contribution in [-0.4, -0.2) is 12.0 Å². The van der Waals surface area contributed by atoms with E-state index in [1.807, 2.05) is 13.0 Å². The summed E-state index contributed by atoms with van der Waals surface area (Å²) in [6, 6.07) is 10.7. The molecule has 1 amide bonds. The molecule has 2 aromatic carbocycles. The quantitative estimate of drug-likeness (QED) is 0.549. The van der Waals surface area contributed by atoms with Crippen LogP contribution in [0.3, 0.4) is 0 Å². The van der Waals surface area contributed by atoms with Crippen LogP contribution in [-0.2, 0) is 11.0 Å². The van der Waals surface area contributed by atoms with E-state index in [0.717, 1.165) is 36.1 Å². The molecule has 1 unspecified atom stereocenters. The van der Waals surface area contributed by atoms with Crippen LogP contribution in [0.4, 0.5) is 18.9 Å². The highest BCUT2D eigenvalue weighted by Gasteiger charge is 2.36. The molecule has 4 rings (SSSR count). The predicted octanol–water partition coefficient (Wildman–Crippen LogP) is 6.97. The minimum Gasteiger partial charge on any atom is -0.485 e. The molecule has 1 heterocycles. The number of anilines is 1. The van der Waals surface area contributed by atoms with Crippen LogP contribution >= 0.6 is 11.6 Å². The number of carbonyl (C=O) groups excluding carboxylic acids is 1. The number of benzene rings is 2. The van der Waals surface area contributed by atoms with Crippen molar-refractivity contribution in [3.05, 3.63) is 64.7 Å². The van der Waals surface area contributed by atoms with Gasteiger partial charge in [-0.25, -0.2) is 0 Å². The molecule has 0 spiro atoms. The largest absolute Gasteiger partial charge is 0.485 e. The Morgan fingerprint density at radius 3 is 2.61 bits per heavy atom. The van der Waals surface area contributed by atoms with Crippen LogP contribution in [0.1, 0.15) is 43.7 Å². The van der Waals surface area contributed by atoms with Gasteiger partial charge in [0.1, 0.15) is 11.9 Å². The fraction of sp³-hybridized carbons (Fsp3) is 0.375. The van der Waals surface area contributed by atoms with Gasteiger partial charge in [0.25, 0.3) is 0 Å². The molecule has 2 aromatic rings. The first-order valence-corrected chi connectivity index (χ1v) is 10.7. The number of hydrogen-bond acceptors (Lipinski definition) is 2. The monoisotopic (exact) mass is 449 g/mol. The van der Waals surface area contributed by atoms with E-state index in [1.54, 1.807) is 24.3 Å². The number of halogens is 4. The van der Waals surface area contributed by atoms with Crippen molar-refractivity contribution < 1.29 is 22.7 Å². The van der Waals surface area contributed by atoms with Gasteiger partial charge in [0, 0.05) is 22.2 Å². The second-order valence-corrected chi connectivity index (χ2v) is 8.62. The van der Waals surface area contributed by atoms with E-state index in [2.05, 4.69) is 5.32 Å². The van der Waals surface area contributed by atoms with Crippen molar-refractivity contribution in [2.24, 2.45) is 11.8 Å². The Morgan fingerprint density at radius 2 is 1.90 bits per heavy atom. The van der Waals surface area contributed by atoms with Crippen LogP contribution in [0.5, 0.6) is 5.75 Å². The number of hydrogen-bond donors (Lipinski definition) is 1.